The van der Waals surface area contributed by atoms with Crippen LogP contribution in [0.25, 0.3) is 0 Å². The standard InChI is InChI=1S/C13H20N2O3/c1-9(2)18-13(15-11(4)17)8-6-5-7-12(13)14-10(3)16/h5-9,12H,1-4H3,(H,14,16)(H,15,17). The Balaban J connectivity index is 3.02. The van der Waals surface area contributed by atoms with E-state index in [4.69, 9.17) is 4.74 Å². The van der Waals surface area contributed by atoms with Crippen LogP contribution in [0, 0.1) is 0 Å². The summed E-state index contributed by atoms with van der Waals surface area (Å²) in [6.07, 6.45) is 7.04. The van der Waals surface area contributed by atoms with E-state index < -0.39 is 11.8 Å². The second-order valence-corrected chi connectivity index (χ2v) is 4.56. The van der Waals surface area contributed by atoms with Gasteiger partial charge < -0.3 is 15.4 Å². The van der Waals surface area contributed by atoms with Crippen LogP contribution in [0.2, 0.25) is 0 Å². The quantitative estimate of drug-likeness (QED) is 0.730. The molecule has 0 bridgehead atoms. The van der Waals surface area contributed by atoms with Crippen molar-refractivity contribution in [3.63, 3.8) is 0 Å². The first-order chi connectivity index (χ1) is 8.35. The number of nitrogens with one attached hydrogen (secondary N) is 2. The summed E-state index contributed by atoms with van der Waals surface area (Å²) < 4.78 is 5.82. The van der Waals surface area contributed by atoms with Gasteiger partial charge in [-0.2, -0.15) is 0 Å². The summed E-state index contributed by atoms with van der Waals surface area (Å²) in [4.78, 5) is 22.6. The Morgan fingerprint density at radius 2 is 1.89 bits per heavy atom. The molecule has 2 atom stereocenters. The van der Waals surface area contributed by atoms with Gasteiger partial charge in [0.15, 0.2) is 5.72 Å². The zero-order valence-electron chi connectivity index (χ0n) is 11.2. The minimum atomic E-state index is -1.03. The molecule has 1 aliphatic carbocycles. The van der Waals surface area contributed by atoms with E-state index in [1.807, 2.05) is 19.9 Å². The highest BCUT2D eigenvalue weighted by Gasteiger charge is 2.39. The van der Waals surface area contributed by atoms with E-state index in [9.17, 15) is 9.59 Å². The molecule has 0 fully saturated rings. The fourth-order valence-electron chi connectivity index (χ4n) is 1.92. The van der Waals surface area contributed by atoms with E-state index in [2.05, 4.69) is 10.6 Å². The van der Waals surface area contributed by atoms with Gasteiger partial charge in [0.2, 0.25) is 11.8 Å². The van der Waals surface area contributed by atoms with Crippen LogP contribution in [0.4, 0.5) is 0 Å². The van der Waals surface area contributed by atoms with Gasteiger partial charge in [0, 0.05) is 13.8 Å². The number of hydrogen-bond acceptors (Lipinski definition) is 3. The molecule has 100 valence electrons. The third kappa shape index (κ3) is 3.70. The normalized spacial score (nSPS) is 26.2. The summed E-state index contributed by atoms with van der Waals surface area (Å²) in [6.45, 7) is 6.60. The number of hydrogen-bond donors (Lipinski definition) is 2. The summed E-state index contributed by atoms with van der Waals surface area (Å²) in [7, 11) is 0. The summed E-state index contributed by atoms with van der Waals surface area (Å²) >= 11 is 0. The molecule has 0 radical (unpaired) electrons. The monoisotopic (exact) mass is 252 g/mol. The predicted octanol–water partition coefficient (Wildman–Crippen LogP) is 0.874. The maximum Gasteiger partial charge on any atom is 0.219 e. The molecular formula is C13H20N2O3. The van der Waals surface area contributed by atoms with Crippen molar-refractivity contribution in [3.05, 3.63) is 24.3 Å². The molecule has 1 aliphatic rings. The summed E-state index contributed by atoms with van der Waals surface area (Å²) in [5.41, 5.74) is -1.03. The van der Waals surface area contributed by atoms with Crippen LogP contribution in [0.3, 0.4) is 0 Å². The number of carbonyl (C=O) groups is 2. The molecule has 1 rings (SSSR count). The Bertz CT molecular complexity index is 388. The molecule has 18 heavy (non-hydrogen) atoms. The number of ether oxygens (including phenoxy) is 1. The molecule has 0 saturated carbocycles. The van der Waals surface area contributed by atoms with Gasteiger partial charge in [-0.3, -0.25) is 9.59 Å². The van der Waals surface area contributed by atoms with Crippen molar-refractivity contribution in [1.29, 1.82) is 0 Å². The average Bonchev–Trinajstić information content (AvgIpc) is 2.18. The Labute approximate surface area is 107 Å². The average molecular weight is 252 g/mol. The summed E-state index contributed by atoms with van der Waals surface area (Å²) in [5.74, 6) is -0.395. The van der Waals surface area contributed by atoms with Crippen LogP contribution in [-0.2, 0) is 14.3 Å². The topological polar surface area (TPSA) is 67.4 Å². The Hall–Kier alpha value is -1.62. The van der Waals surface area contributed by atoms with Crippen LogP contribution in [0.1, 0.15) is 27.7 Å². The number of allylic oxidation sites excluding steroid dienone is 2. The number of carbonyl (C=O) groups excluding carboxylic acids is 2. The van der Waals surface area contributed by atoms with Gasteiger partial charge in [-0.05, 0) is 19.9 Å². The first-order valence-corrected chi connectivity index (χ1v) is 5.95. The van der Waals surface area contributed by atoms with E-state index >= 15 is 0 Å². The highest BCUT2D eigenvalue weighted by atomic mass is 16.5. The maximum absolute atomic E-state index is 11.4. The molecule has 0 spiro atoms. The van der Waals surface area contributed by atoms with Crippen molar-refractivity contribution < 1.29 is 14.3 Å². The van der Waals surface area contributed by atoms with Gasteiger partial charge in [0.25, 0.3) is 0 Å². The molecule has 2 unspecified atom stereocenters. The van der Waals surface area contributed by atoms with Gasteiger partial charge >= 0.3 is 0 Å². The van der Waals surface area contributed by atoms with Crippen LogP contribution in [0.5, 0.6) is 0 Å². The smallest absolute Gasteiger partial charge is 0.219 e. The largest absolute Gasteiger partial charge is 0.347 e. The van der Waals surface area contributed by atoms with Gasteiger partial charge in [0.05, 0.1) is 12.1 Å². The van der Waals surface area contributed by atoms with Gasteiger partial charge in [0.1, 0.15) is 0 Å². The first kappa shape index (κ1) is 14.4. The van der Waals surface area contributed by atoms with Crippen molar-refractivity contribution in [2.45, 2.75) is 45.6 Å². The molecular weight excluding hydrogens is 232 g/mol. The lowest BCUT2D eigenvalue weighted by Crippen LogP contribution is -2.63. The van der Waals surface area contributed by atoms with E-state index in [0.717, 1.165) is 0 Å². The van der Waals surface area contributed by atoms with E-state index in [1.165, 1.54) is 13.8 Å². The SMILES string of the molecule is CC(=O)NC1C=CC=CC1(NC(C)=O)OC(C)C. The highest BCUT2D eigenvalue weighted by molar-refractivity contribution is 5.76. The van der Waals surface area contributed by atoms with Crippen LogP contribution in [-0.4, -0.2) is 29.7 Å². The van der Waals surface area contributed by atoms with Crippen molar-refractivity contribution in [2.75, 3.05) is 0 Å². The van der Waals surface area contributed by atoms with Gasteiger partial charge in [-0.15, -0.1) is 0 Å². The van der Waals surface area contributed by atoms with Crippen molar-refractivity contribution in [1.82, 2.24) is 10.6 Å². The van der Waals surface area contributed by atoms with E-state index in [1.54, 1.807) is 18.2 Å². The fourth-order valence-corrected chi connectivity index (χ4v) is 1.92. The van der Waals surface area contributed by atoms with E-state index in [0.29, 0.717) is 0 Å². The zero-order valence-corrected chi connectivity index (χ0v) is 11.2. The van der Waals surface area contributed by atoms with Gasteiger partial charge in [-0.1, -0.05) is 18.2 Å². The molecule has 0 aromatic carbocycles. The number of rotatable bonds is 4. The lowest BCUT2D eigenvalue weighted by molar-refractivity contribution is -0.137. The summed E-state index contributed by atoms with van der Waals surface area (Å²) in [5, 5.41) is 5.53. The van der Waals surface area contributed by atoms with Crippen molar-refractivity contribution in [2.24, 2.45) is 0 Å². The van der Waals surface area contributed by atoms with Crippen LogP contribution in [0.15, 0.2) is 24.3 Å². The van der Waals surface area contributed by atoms with Crippen molar-refractivity contribution >= 4 is 11.8 Å². The van der Waals surface area contributed by atoms with Gasteiger partial charge in [-0.25, -0.2) is 0 Å². The Morgan fingerprint density at radius 3 is 2.39 bits per heavy atom. The lowest BCUT2D eigenvalue weighted by Gasteiger charge is -2.40. The second-order valence-electron chi connectivity index (χ2n) is 4.56. The zero-order chi connectivity index (χ0) is 13.8. The molecule has 5 heteroatoms. The Morgan fingerprint density at radius 1 is 1.22 bits per heavy atom. The third-order valence-electron chi connectivity index (χ3n) is 2.38. The Kier molecular flexibility index (Phi) is 4.67. The second kappa shape index (κ2) is 5.82. The molecule has 0 aliphatic heterocycles. The molecule has 0 saturated heterocycles. The minimum absolute atomic E-state index is 0.0933. The molecule has 2 N–H and O–H groups in total. The predicted molar refractivity (Wildman–Crippen MR) is 68.7 cm³/mol. The third-order valence-corrected chi connectivity index (χ3v) is 2.38. The maximum atomic E-state index is 11.4. The molecule has 5 nitrogen and oxygen atoms in total. The van der Waals surface area contributed by atoms with E-state index in [-0.39, 0.29) is 17.9 Å². The fraction of sp³-hybridized carbons (Fsp3) is 0.538. The molecule has 0 heterocycles. The van der Waals surface area contributed by atoms with Crippen LogP contribution >= 0.6 is 0 Å². The molecule has 2 amide bonds. The lowest BCUT2D eigenvalue weighted by atomic mass is 9.97. The molecule has 0 aromatic heterocycles. The number of amides is 2. The minimum Gasteiger partial charge on any atom is -0.347 e. The molecule has 0 aromatic rings. The summed E-state index contributed by atoms with van der Waals surface area (Å²) in [6, 6.07) is -0.425. The van der Waals surface area contributed by atoms with Crippen LogP contribution < -0.4 is 10.6 Å². The van der Waals surface area contributed by atoms with Crippen molar-refractivity contribution in [3.8, 4) is 0 Å². The first-order valence-electron chi connectivity index (χ1n) is 5.95. The highest BCUT2D eigenvalue weighted by Crippen LogP contribution is 2.22.